The van der Waals surface area contributed by atoms with E-state index in [2.05, 4.69) is 0 Å². The van der Waals surface area contributed by atoms with Gasteiger partial charge in [0.15, 0.2) is 0 Å². The van der Waals surface area contributed by atoms with Crippen molar-refractivity contribution in [3.63, 3.8) is 0 Å². The van der Waals surface area contributed by atoms with Crippen LogP contribution >= 0.6 is 0 Å². The predicted octanol–water partition coefficient (Wildman–Crippen LogP) is 0.696. The van der Waals surface area contributed by atoms with Crippen molar-refractivity contribution in [2.45, 2.75) is 11.3 Å². The smallest absolute Gasteiger partial charge is 0.294 e. The highest BCUT2D eigenvalue weighted by atomic mass is 32.2. The number of nitrogens with two attached hydrogens (primary N) is 2. The summed E-state index contributed by atoms with van der Waals surface area (Å²) in [5.41, 5.74) is 11.9. The quantitative estimate of drug-likeness (QED) is 0.564. The van der Waals surface area contributed by atoms with Crippen LogP contribution in [-0.2, 0) is 21.3 Å². The van der Waals surface area contributed by atoms with Gasteiger partial charge in [0.25, 0.3) is 10.1 Å². The highest BCUT2D eigenvalue weighted by molar-refractivity contribution is 7.85. The fourth-order valence-electron chi connectivity index (χ4n) is 1.91. The minimum Gasteiger partial charge on any atom is -0.398 e. The van der Waals surface area contributed by atoms with Crippen LogP contribution < -0.4 is 11.5 Å². The highest BCUT2D eigenvalue weighted by Gasteiger charge is 2.13. The van der Waals surface area contributed by atoms with E-state index in [4.69, 9.17) is 16.0 Å². The summed E-state index contributed by atoms with van der Waals surface area (Å²) in [6, 6.07) is 7.24. The number of benzene rings is 2. The van der Waals surface area contributed by atoms with Gasteiger partial charge < -0.3 is 11.5 Å². The van der Waals surface area contributed by atoms with Gasteiger partial charge in [-0.3, -0.25) is 9.35 Å². The zero-order chi connectivity index (χ0) is 14.2. The van der Waals surface area contributed by atoms with Gasteiger partial charge in [-0.2, -0.15) is 8.42 Å². The highest BCUT2D eigenvalue weighted by Crippen LogP contribution is 2.27. The van der Waals surface area contributed by atoms with Crippen LogP contribution in [-0.4, -0.2) is 18.9 Å². The molecule has 0 aliphatic rings. The third-order valence-corrected chi connectivity index (χ3v) is 3.62. The Labute approximate surface area is 109 Å². The summed E-state index contributed by atoms with van der Waals surface area (Å²) >= 11 is 0. The molecule has 0 aliphatic heterocycles. The summed E-state index contributed by atoms with van der Waals surface area (Å²) in [5.74, 6) is -0.495. The number of nitrogen functional groups attached to an aromatic ring is 1. The van der Waals surface area contributed by atoms with Crippen LogP contribution in [0.2, 0.25) is 0 Å². The van der Waals surface area contributed by atoms with Crippen molar-refractivity contribution in [3.8, 4) is 0 Å². The van der Waals surface area contributed by atoms with Crippen molar-refractivity contribution in [3.05, 3.63) is 35.9 Å². The van der Waals surface area contributed by atoms with E-state index in [1.54, 1.807) is 12.1 Å². The van der Waals surface area contributed by atoms with Crippen LogP contribution in [0.4, 0.5) is 5.69 Å². The molecule has 6 nitrogen and oxygen atoms in total. The van der Waals surface area contributed by atoms with Gasteiger partial charge in [-0.25, -0.2) is 0 Å². The van der Waals surface area contributed by atoms with E-state index in [0.717, 1.165) is 0 Å². The number of hydrogen-bond acceptors (Lipinski definition) is 4. The number of anilines is 1. The van der Waals surface area contributed by atoms with Crippen LogP contribution in [0.15, 0.2) is 35.2 Å². The van der Waals surface area contributed by atoms with E-state index in [1.807, 2.05) is 0 Å². The monoisotopic (exact) mass is 280 g/mol. The number of amides is 1. The first-order valence-electron chi connectivity index (χ1n) is 5.36. The van der Waals surface area contributed by atoms with Gasteiger partial charge in [0, 0.05) is 11.1 Å². The molecule has 0 bridgehead atoms. The van der Waals surface area contributed by atoms with Crippen molar-refractivity contribution in [2.75, 3.05) is 5.73 Å². The second-order valence-electron chi connectivity index (χ2n) is 4.14. The standard InChI is InChI=1S/C12H12N2O4S/c13-11-4-1-7(5-12(14)15)9-3-2-8(6-10(9)11)19(16,17)18/h1-4,6H,5,13H2,(H2,14,15)(H,16,17,18). The van der Waals surface area contributed by atoms with Crippen LogP contribution in [0.3, 0.4) is 0 Å². The molecule has 0 atom stereocenters. The number of carbonyl (C=O) groups excluding carboxylic acids is 1. The van der Waals surface area contributed by atoms with Gasteiger partial charge in [0.2, 0.25) is 5.91 Å². The van der Waals surface area contributed by atoms with Crippen molar-refractivity contribution >= 4 is 32.5 Å². The van der Waals surface area contributed by atoms with E-state index >= 15 is 0 Å². The fraction of sp³-hybridized carbons (Fsp3) is 0.0833. The first-order valence-corrected chi connectivity index (χ1v) is 6.80. The maximum absolute atomic E-state index is 11.1. The zero-order valence-corrected chi connectivity index (χ0v) is 10.6. The first kappa shape index (κ1) is 13.3. The van der Waals surface area contributed by atoms with Gasteiger partial charge in [0.05, 0.1) is 11.3 Å². The van der Waals surface area contributed by atoms with Gasteiger partial charge in [-0.15, -0.1) is 0 Å². The Morgan fingerprint density at radius 2 is 1.84 bits per heavy atom. The summed E-state index contributed by atoms with van der Waals surface area (Å²) in [5, 5.41) is 1.08. The lowest BCUT2D eigenvalue weighted by atomic mass is 10.0. The van der Waals surface area contributed by atoms with Crippen molar-refractivity contribution in [2.24, 2.45) is 5.73 Å². The molecule has 0 saturated heterocycles. The summed E-state index contributed by atoms with van der Waals surface area (Å²) in [4.78, 5) is 10.7. The summed E-state index contributed by atoms with van der Waals surface area (Å²) in [6.45, 7) is 0. The molecule has 0 saturated carbocycles. The maximum atomic E-state index is 11.1. The van der Waals surface area contributed by atoms with Gasteiger partial charge in [0.1, 0.15) is 0 Å². The molecule has 0 radical (unpaired) electrons. The second-order valence-corrected chi connectivity index (χ2v) is 5.56. The maximum Gasteiger partial charge on any atom is 0.294 e. The van der Waals surface area contributed by atoms with E-state index in [1.165, 1.54) is 18.2 Å². The molecule has 19 heavy (non-hydrogen) atoms. The molecular weight excluding hydrogens is 268 g/mol. The van der Waals surface area contributed by atoms with Crippen molar-refractivity contribution < 1.29 is 17.8 Å². The average molecular weight is 280 g/mol. The topological polar surface area (TPSA) is 123 Å². The van der Waals surface area contributed by atoms with Crippen molar-refractivity contribution in [1.29, 1.82) is 0 Å². The molecule has 0 aromatic heterocycles. The molecule has 2 aromatic carbocycles. The molecule has 0 spiro atoms. The Morgan fingerprint density at radius 1 is 1.16 bits per heavy atom. The van der Waals surface area contributed by atoms with E-state index in [9.17, 15) is 13.2 Å². The Balaban J connectivity index is 2.73. The molecule has 2 aromatic rings. The van der Waals surface area contributed by atoms with Crippen LogP contribution in [0.5, 0.6) is 0 Å². The van der Waals surface area contributed by atoms with Gasteiger partial charge >= 0.3 is 0 Å². The largest absolute Gasteiger partial charge is 0.398 e. The van der Waals surface area contributed by atoms with E-state index < -0.39 is 16.0 Å². The Morgan fingerprint density at radius 3 is 2.42 bits per heavy atom. The number of primary amides is 1. The van der Waals surface area contributed by atoms with Crippen molar-refractivity contribution in [1.82, 2.24) is 0 Å². The minimum atomic E-state index is -4.29. The molecule has 7 heteroatoms. The van der Waals surface area contributed by atoms with Gasteiger partial charge in [-0.1, -0.05) is 12.1 Å². The lowest BCUT2D eigenvalue weighted by Crippen LogP contribution is -2.14. The normalized spacial score (nSPS) is 11.6. The molecule has 0 fully saturated rings. The van der Waals surface area contributed by atoms with Crippen LogP contribution in [0.1, 0.15) is 5.56 Å². The Hall–Kier alpha value is -2.12. The van der Waals surface area contributed by atoms with E-state index in [-0.39, 0.29) is 11.3 Å². The van der Waals surface area contributed by atoms with Crippen LogP contribution in [0, 0.1) is 0 Å². The van der Waals surface area contributed by atoms with Gasteiger partial charge in [-0.05, 0) is 29.1 Å². The fourth-order valence-corrected chi connectivity index (χ4v) is 2.42. The Kier molecular flexibility index (Phi) is 3.17. The number of hydrogen-bond donors (Lipinski definition) is 3. The molecule has 2 rings (SSSR count). The number of fused-ring (bicyclic) bond motifs is 1. The first-order chi connectivity index (χ1) is 8.79. The summed E-state index contributed by atoms with van der Waals surface area (Å²) in [6.07, 6.45) is 0.0298. The Bertz CT molecular complexity index is 769. The average Bonchev–Trinajstić information content (AvgIpc) is 2.31. The minimum absolute atomic E-state index is 0.0298. The SMILES string of the molecule is NC(=O)Cc1ccc(N)c2cc(S(=O)(=O)O)ccc12. The lowest BCUT2D eigenvalue weighted by molar-refractivity contribution is -0.117. The molecule has 5 N–H and O–H groups in total. The molecule has 100 valence electrons. The molecular formula is C12H12N2O4S. The lowest BCUT2D eigenvalue weighted by Gasteiger charge is -2.08. The molecule has 1 amide bonds. The summed E-state index contributed by atoms with van der Waals surface area (Å²) < 4.78 is 31.2. The third-order valence-electron chi connectivity index (χ3n) is 2.77. The number of rotatable bonds is 3. The number of carbonyl (C=O) groups is 1. The van der Waals surface area contributed by atoms with E-state index in [0.29, 0.717) is 22.0 Å². The zero-order valence-electron chi connectivity index (χ0n) is 9.83. The summed E-state index contributed by atoms with van der Waals surface area (Å²) in [7, 11) is -4.29. The molecule has 0 aliphatic carbocycles. The predicted molar refractivity (Wildman–Crippen MR) is 71.1 cm³/mol. The molecule has 0 heterocycles. The second kappa shape index (κ2) is 4.52. The third kappa shape index (κ3) is 2.67. The molecule has 0 unspecified atom stereocenters. The van der Waals surface area contributed by atoms with Crippen LogP contribution in [0.25, 0.3) is 10.8 Å².